The van der Waals surface area contributed by atoms with E-state index in [0.29, 0.717) is 47.7 Å². The van der Waals surface area contributed by atoms with E-state index in [9.17, 15) is 14.0 Å². The molecule has 9 heteroatoms. The molecule has 1 aliphatic heterocycles. The predicted molar refractivity (Wildman–Crippen MR) is 123 cm³/mol. The number of thiophene rings is 1. The van der Waals surface area contributed by atoms with Crippen molar-refractivity contribution in [2.45, 2.75) is 13.0 Å². The summed E-state index contributed by atoms with van der Waals surface area (Å²) in [5.41, 5.74) is 2.12. The van der Waals surface area contributed by atoms with Crippen LogP contribution in [0, 0.1) is 5.82 Å². The summed E-state index contributed by atoms with van der Waals surface area (Å²) in [5.74, 6) is 0.810. The molecule has 1 amide bonds. The minimum absolute atomic E-state index is 0.137. The summed E-state index contributed by atoms with van der Waals surface area (Å²) in [6, 6.07) is 11.7. The van der Waals surface area contributed by atoms with Crippen molar-refractivity contribution in [3.05, 3.63) is 75.9 Å². The van der Waals surface area contributed by atoms with Gasteiger partial charge in [0.25, 0.3) is 5.56 Å². The second-order valence-electron chi connectivity index (χ2n) is 7.59. The molecular weight excluding hydrogens is 445 g/mol. The number of ether oxygens (including phenoxy) is 2. The van der Waals surface area contributed by atoms with Gasteiger partial charge in [0.15, 0.2) is 11.5 Å². The van der Waals surface area contributed by atoms with E-state index in [4.69, 9.17) is 9.47 Å². The minimum Gasteiger partial charge on any atom is -0.486 e. The maximum absolute atomic E-state index is 13.3. The number of halogens is 1. The summed E-state index contributed by atoms with van der Waals surface area (Å²) in [5, 5.41) is 5.10. The molecule has 0 unspecified atom stereocenters. The fraction of sp³-hybridized carbons (Fsp3) is 0.208. The number of carbonyl (C=O) groups excluding carboxylic acids is 1. The molecule has 0 spiro atoms. The zero-order valence-electron chi connectivity index (χ0n) is 17.5. The zero-order valence-corrected chi connectivity index (χ0v) is 18.4. The molecule has 3 heterocycles. The molecular formula is C24H20FN3O4S. The number of amides is 1. The highest BCUT2D eigenvalue weighted by Crippen LogP contribution is 2.31. The van der Waals surface area contributed by atoms with Crippen LogP contribution in [0.2, 0.25) is 0 Å². The molecule has 7 nitrogen and oxygen atoms in total. The number of nitrogens with one attached hydrogen (secondary N) is 1. The largest absolute Gasteiger partial charge is 0.486 e. The molecule has 0 fully saturated rings. The second kappa shape index (κ2) is 9.03. The Morgan fingerprint density at radius 1 is 1.12 bits per heavy atom. The molecule has 2 aromatic carbocycles. The Kier molecular flexibility index (Phi) is 5.78. The first-order chi connectivity index (χ1) is 16.1. The third kappa shape index (κ3) is 4.45. The summed E-state index contributed by atoms with van der Waals surface area (Å²) < 4.78 is 25.7. The Bertz CT molecular complexity index is 1380. The quantitative estimate of drug-likeness (QED) is 0.472. The second-order valence-corrected chi connectivity index (χ2v) is 8.45. The van der Waals surface area contributed by atoms with Crippen LogP contribution in [0.3, 0.4) is 0 Å². The molecule has 0 atom stereocenters. The average Bonchev–Trinajstić information content (AvgIpc) is 3.26. The predicted octanol–water partition coefficient (Wildman–Crippen LogP) is 3.39. The van der Waals surface area contributed by atoms with Gasteiger partial charge in [-0.05, 0) is 41.8 Å². The maximum Gasteiger partial charge on any atom is 0.263 e. The summed E-state index contributed by atoms with van der Waals surface area (Å²) in [6.45, 7) is 1.34. The van der Waals surface area contributed by atoms with Crippen LogP contribution in [0.5, 0.6) is 11.5 Å². The van der Waals surface area contributed by atoms with Crippen molar-refractivity contribution in [1.82, 2.24) is 14.9 Å². The minimum atomic E-state index is -0.346. The molecule has 0 aliphatic carbocycles. The van der Waals surface area contributed by atoms with E-state index in [-0.39, 0.29) is 23.8 Å². The Hall–Kier alpha value is -3.72. The molecule has 2 aromatic heterocycles. The number of rotatable bonds is 6. The standard InChI is InChI=1S/C24H20FN3O4S/c25-17-4-2-16(3-5-17)18-13-33-23-22(18)24(30)28(14-27-23)12-21(29)26-8-7-15-1-6-19-20(11-15)32-10-9-31-19/h1-6,11,13-14H,7-10,12H2,(H,26,29). The number of carbonyl (C=O) groups is 1. The van der Waals surface area contributed by atoms with Gasteiger partial charge in [-0.1, -0.05) is 18.2 Å². The molecule has 0 bridgehead atoms. The lowest BCUT2D eigenvalue weighted by Crippen LogP contribution is -2.33. The molecule has 0 saturated carbocycles. The van der Waals surface area contributed by atoms with Gasteiger partial charge in [-0.2, -0.15) is 0 Å². The molecule has 0 saturated heterocycles. The molecule has 0 radical (unpaired) electrons. The number of aromatic nitrogens is 2. The van der Waals surface area contributed by atoms with Crippen molar-refractivity contribution in [2.75, 3.05) is 19.8 Å². The first-order valence-corrected chi connectivity index (χ1v) is 11.3. The maximum atomic E-state index is 13.3. The van der Waals surface area contributed by atoms with Crippen LogP contribution in [0.4, 0.5) is 4.39 Å². The zero-order chi connectivity index (χ0) is 22.8. The monoisotopic (exact) mass is 465 g/mol. The molecule has 168 valence electrons. The Morgan fingerprint density at radius 3 is 2.73 bits per heavy atom. The van der Waals surface area contributed by atoms with Gasteiger partial charge in [-0.15, -0.1) is 11.3 Å². The van der Waals surface area contributed by atoms with Gasteiger partial charge >= 0.3 is 0 Å². The molecule has 1 N–H and O–H groups in total. The van der Waals surface area contributed by atoms with Crippen LogP contribution in [0.15, 0.2) is 59.0 Å². The van der Waals surface area contributed by atoms with Gasteiger partial charge in [0, 0.05) is 17.5 Å². The van der Waals surface area contributed by atoms with Gasteiger partial charge in [0.1, 0.15) is 30.4 Å². The van der Waals surface area contributed by atoms with Crippen LogP contribution in [0.25, 0.3) is 21.3 Å². The summed E-state index contributed by atoms with van der Waals surface area (Å²) >= 11 is 1.34. The topological polar surface area (TPSA) is 82.5 Å². The van der Waals surface area contributed by atoms with E-state index in [1.165, 1.54) is 34.4 Å². The third-order valence-electron chi connectivity index (χ3n) is 5.37. The highest BCUT2D eigenvalue weighted by Gasteiger charge is 2.15. The van der Waals surface area contributed by atoms with Crippen molar-refractivity contribution < 1.29 is 18.7 Å². The van der Waals surface area contributed by atoms with Crippen molar-refractivity contribution in [3.8, 4) is 22.6 Å². The summed E-state index contributed by atoms with van der Waals surface area (Å²) in [7, 11) is 0. The van der Waals surface area contributed by atoms with Crippen LogP contribution < -0.4 is 20.3 Å². The Balaban J connectivity index is 1.26. The van der Waals surface area contributed by atoms with E-state index in [0.717, 1.165) is 16.9 Å². The summed E-state index contributed by atoms with van der Waals surface area (Å²) in [6.07, 6.45) is 2.00. The van der Waals surface area contributed by atoms with E-state index >= 15 is 0 Å². The Morgan fingerprint density at radius 2 is 1.91 bits per heavy atom. The van der Waals surface area contributed by atoms with Gasteiger partial charge in [0.05, 0.1) is 11.7 Å². The smallest absolute Gasteiger partial charge is 0.263 e. The van der Waals surface area contributed by atoms with Crippen LogP contribution in [0.1, 0.15) is 5.56 Å². The fourth-order valence-corrected chi connectivity index (χ4v) is 4.63. The van der Waals surface area contributed by atoms with Gasteiger partial charge in [-0.3, -0.25) is 14.2 Å². The number of fused-ring (bicyclic) bond motifs is 2. The van der Waals surface area contributed by atoms with Crippen molar-refractivity contribution in [1.29, 1.82) is 0 Å². The van der Waals surface area contributed by atoms with E-state index < -0.39 is 0 Å². The molecule has 33 heavy (non-hydrogen) atoms. The third-order valence-corrected chi connectivity index (χ3v) is 6.26. The number of hydrogen-bond donors (Lipinski definition) is 1. The van der Waals surface area contributed by atoms with Crippen molar-refractivity contribution >= 4 is 27.5 Å². The lowest BCUT2D eigenvalue weighted by Gasteiger charge is -2.18. The Labute approximate surface area is 192 Å². The number of hydrogen-bond acceptors (Lipinski definition) is 6. The summed E-state index contributed by atoms with van der Waals surface area (Å²) in [4.78, 5) is 30.4. The van der Waals surface area contributed by atoms with Crippen molar-refractivity contribution in [2.24, 2.45) is 0 Å². The highest BCUT2D eigenvalue weighted by atomic mass is 32.1. The van der Waals surface area contributed by atoms with Gasteiger partial charge in [0.2, 0.25) is 5.91 Å². The lowest BCUT2D eigenvalue weighted by atomic mass is 10.1. The fourth-order valence-electron chi connectivity index (χ4n) is 3.72. The molecule has 4 aromatic rings. The first-order valence-electron chi connectivity index (χ1n) is 10.5. The average molecular weight is 466 g/mol. The van der Waals surface area contributed by atoms with Crippen LogP contribution in [-0.4, -0.2) is 35.2 Å². The number of benzene rings is 2. The first kappa shape index (κ1) is 21.1. The van der Waals surface area contributed by atoms with E-state index in [1.54, 1.807) is 12.1 Å². The van der Waals surface area contributed by atoms with E-state index in [1.807, 2.05) is 23.6 Å². The van der Waals surface area contributed by atoms with Gasteiger partial charge in [-0.25, -0.2) is 9.37 Å². The van der Waals surface area contributed by atoms with Gasteiger partial charge < -0.3 is 14.8 Å². The van der Waals surface area contributed by atoms with Crippen molar-refractivity contribution in [3.63, 3.8) is 0 Å². The van der Waals surface area contributed by atoms with Crippen LogP contribution >= 0.6 is 11.3 Å². The molecule has 1 aliphatic rings. The molecule has 5 rings (SSSR count). The lowest BCUT2D eigenvalue weighted by molar-refractivity contribution is -0.121. The normalized spacial score (nSPS) is 12.6. The SMILES string of the molecule is O=C(Cn1cnc2scc(-c3ccc(F)cc3)c2c1=O)NCCc1ccc2c(c1)OCCO2. The van der Waals surface area contributed by atoms with E-state index in [2.05, 4.69) is 10.3 Å². The van der Waals surface area contributed by atoms with Crippen LogP contribution in [-0.2, 0) is 17.8 Å². The number of nitrogens with zero attached hydrogens (tertiary/aromatic N) is 2. The highest BCUT2D eigenvalue weighted by molar-refractivity contribution is 7.17.